The molecule has 0 aliphatic heterocycles. The molecule has 1 N–H and O–H groups in total. The number of hydrogen-bond acceptors (Lipinski definition) is 4. The Bertz CT molecular complexity index is 1220. The number of carbonyl (C=O) groups excluding carboxylic acids is 1. The van der Waals surface area contributed by atoms with Crippen molar-refractivity contribution in [3.05, 3.63) is 107 Å². The van der Waals surface area contributed by atoms with E-state index in [1.54, 1.807) is 18.6 Å². The Morgan fingerprint density at radius 3 is 2.61 bits per heavy atom. The van der Waals surface area contributed by atoms with Crippen molar-refractivity contribution < 1.29 is 4.79 Å². The van der Waals surface area contributed by atoms with Crippen LogP contribution in [0.2, 0.25) is 0 Å². The summed E-state index contributed by atoms with van der Waals surface area (Å²) in [6.07, 6.45) is 9.26. The maximum Gasteiger partial charge on any atom is 0.255 e. The molecule has 0 bridgehead atoms. The number of nitrogens with one attached hydrogen (secondary N) is 1. The zero-order valence-electron chi connectivity index (χ0n) is 19.1. The van der Waals surface area contributed by atoms with Crippen molar-refractivity contribution in [2.45, 2.75) is 39.5 Å². The summed E-state index contributed by atoms with van der Waals surface area (Å²) in [5.74, 6) is 0.618. The van der Waals surface area contributed by atoms with Gasteiger partial charge in [0.15, 0.2) is 0 Å². The minimum atomic E-state index is -0.110. The van der Waals surface area contributed by atoms with E-state index in [-0.39, 0.29) is 5.91 Å². The van der Waals surface area contributed by atoms with Gasteiger partial charge in [-0.3, -0.25) is 9.78 Å². The second kappa shape index (κ2) is 10.6. The van der Waals surface area contributed by atoms with E-state index < -0.39 is 0 Å². The summed E-state index contributed by atoms with van der Waals surface area (Å²) in [5.41, 5.74) is 6.69. The number of anilines is 1. The van der Waals surface area contributed by atoms with E-state index >= 15 is 0 Å². The van der Waals surface area contributed by atoms with Gasteiger partial charge in [-0.15, -0.1) is 0 Å². The summed E-state index contributed by atoms with van der Waals surface area (Å²) in [4.78, 5) is 26.1. The van der Waals surface area contributed by atoms with Gasteiger partial charge in [-0.05, 0) is 78.9 Å². The zero-order valence-corrected chi connectivity index (χ0v) is 19.1. The first-order valence-corrected chi connectivity index (χ1v) is 11.3. The fourth-order valence-electron chi connectivity index (χ4n) is 3.68. The van der Waals surface area contributed by atoms with Crippen LogP contribution >= 0.6 is 0 Å². The monoisotopic (exact) mass is 436 g/mol. The lowest BCUT2D eigenvalue weighted by Crippen LogP contribution is -2.12. The summed E-state index contributed by atoms with van der Waals surface area (Å²) >= 11 is 0. The molecule has 33 heavy (non-hydrogen) atoms. The third-order valence-corrected chi connectivity index (χ3v) is 5.65. The van der Waals surface area contributed by atoms with Gasteiger partial charge in [-0.25, -0.2) is 9.97 Å². The molecule has 2 aromatic heterocycles. The molecule has 0 aliphatic rings. The van der Waals surface area contributed by atoms with Crippen LogP contribution in [0.3, 0.4) is 0 Å². The summed E-state index contributed by atoms with van der Waals surface area (Å²) < 4.78 is 0. The largest absolute Gasteiger partial charge is 0.322 e. The number of unbranched alkanes of at least 4 members (excludes halogenated alkanes) is 1. The van der Waals surface area contributed by atoms with Gasteiger partial charge in [0.25, 0.3) is 5.91 Å². The quantitative estimate of drug-likeness (QED) is 0.366. The van der Waals surface area contributed by atoms with Crippen molar-refractivity contribution in [1.29, 1.82) is 0 Å². The Morgan fingerprint density at radius 2 is 1.85 bits per heavy atom. The molecule has 0 spiro atoms. The first-order valence-electron chi connectivity index (χ1n) is 11.3. The number of aryl methyl sites for hydroxylation is 2. The molecule has 0 aliphatic carbocycles. The molecule has 4 rings (SSSR count). The highest BCUT2D eigenvalue weighted by molar-refractivity contribution is 6.04. The Balaban J connectivity index is 1.47. The standard InChI is InChI=1S/C28H28N4O/c1-3-4-6-21-9-11-22(12-10-21)28(33)31-25-13-8-20(2)24(17-25)18-27-30-16-14-26(32-27)23-7-5-15-29-19-23/h5,7-17,19H,3-4,6,18H2,1-2H3,(H,31,33). The maximum absolute atomic E-state index is 12.8. The lowest BCUT2D eigenvalue weighted by Gasteiger charge is -2.11. The molecule has 0 saturated carbocycles. The highest BCUT2D eigenvalue weighted by Gasteiger charge is 2.10. The molecule has 5 nitrogen and oxygen atoms in total. The van der Waals surface area contributed by atoms with Gasteiger partial charge in [0.05, 0.1) is 5.69 Å². The highest BCUT2D eigenvalue weighted by Crippen LogP contribution is 2.20. The molecule has 2 aromatic carbocycles. The van der Waals surface area contributed by atoms with Crippen LogP contribution in [0.4, 0.5) is 5.69 Å². The molecule has 0 fully saturated rings. The minimum absolute atomic E-state index is 0.110. The van der Waals surface area contributed by atoms with Crippen LogP contribution in [-0.2, 0) is 12.8 Å². The number of rotatable bonds is 8. The predicted octanol–water partition coefficient (Wildman–Crippen LogP) is 6.03. The van der Waals surface area contributed by atoms with Gasteiger partial charge >= 0.3 is 0 Å². The average Bonchev–Trinajstić information content (AvgIpc) is 2.86. The normalized spacial score (nSPS) is 10.7. The van der Waals surface area contributed by atoms with E-state index in [4.69, 9.17) is 4.98 Å². The second-order valence-electron chi connectivity index (χ2n) is 8.17. The molecule has 5 heteroatoms. The van der Waals surface area contributed by atoms with Gasteiger partial charge in [-0.2, -0.15) is 0 Å². The number of nitrogens with zero attached hydrogens (tertiary/aromatic N) is 3. The molecular weight excluding hydrogens is 408 g/mol. The van der Waals surface area contributed by atoms with E-state index in [1.165, 1.54) is 5.56 Å². The number of amides is 1. The average molecular weight is 437 g/mol. The first kappa shape index (κ1) is 22.3. The highest BCUT2D eigenvalue weighted by atomic mass is 16.1. The van der Waals surface area contributed by atoms with Crippen LogP contribution in [0.25, 0.3) is 11.3 Å². The van der Waals surface area contributed by atoms with Gasteiger partial charge in [0.1, 0.15) is 5.82 Å². The topological polar surface area (TPSA) is 67.8 Å². The molecular formula is C28H28N4O. The molecule has 0 atom stereocenters. The summed E-state index contributed by atoms with van der Waals surface area (Å²) in [5, 5.41) is 3.02. The SMILES string of the molecule is CCCCc1ccc(C(=O)Nc2ccc(C)c(Cc3nccc(-c4cccnc4)n3)c2)cc1. The Hall–Kier alpha value is -3.86. The van der Waals surface area contributed by atoms with Crippen molar-refractivity contribution in [2.24, 2.45) is 0 Å². The van der Waals surface area contributed by atoms with Crippen molar-refractivity contribution in [2.75, 3.05) is 5.32 Å². The van der Waals surface area contributed by atoms with Crippen LogP contribution in [0.1, 0.15) is 52.6 Å². The van der Waals surface area contributed by atoms with Gasteiger partial charge in [-0.1, -0.05) is 31.5 Å². The lowest BCUT2D eigenvalue weighted by atomic mass is 10.0. The summed E-state index contributed by atoms with van der Waals surface area (Å²) in [6, 6.07) is 19.6. The Labute approximate surface area is 195 Å². The number of aromatic nitrogens is 3. The number of benzene rings is 2. The van der Waals surface area contributed by atoms with Crippen LogP contribution in [0.5, 0.6) is 0 Å². The zero-order chi connectivity index (χ0) is 23.0. The lowest BCUT2D eigenvalue weighted by molar-refractivity contribution is 0.102. The van der Waals surface area contributed by atoms with E-state index in [0.29, 0.717) is 12.0 Å². The fraction of sp³-hybridized carbons (Fsp3) is 0.214. The van der Waals surface area contributed by atoms with E-state index in [0.717, 1.165) is 53.2 Å². The molecule has 0 unspecified atom stereocenters. The van der Waals surface area contributed by atoms with Crippen molar-refractivity contribution in [3.8, 4) is 11.3 Å². The third kappa shape index (κ3) is 5.89. The second-order valence-corrected chi connectivity index (χ2v) is 8.17. The van der Waals surface area contributed by atoms with E-state index in [9.17, 15) is 4.79 Å². The van der Waals surface area contributed by atoms with Crippen LogP contribution in [0, 0.1) is 6.92 Å². The fourth-order valence-corrected chi connectivity index (χ4v) is 3.68. The van der Waals surface area contributed by atoms with Crippen LogP contribution in [-0.4, -0.2) is 20.9 Å². The number of carbonyl (C=O) groups is 1. The van der Waals surface area contributed by atoms with E-state index in [2.05, 4.69) is 29.1 Å². The third-order valence-electron chi connectivity index (χ3n) is 5.65. The first-order chi connectivity index (χ1) is 16.1. The maximum atomic E-state index is 12.8. The number of hydrogen-bond donors (Lipinski definition) is 1. The molecule has 166 valence electrons. The molecule has 2 heterocycles. The smallest absolute Gasteiger partial charge is 0.255 e. The van der Waals surface area contributed by atoms with Crippen LogP contribution in [0.15, 0.2) is 79.3 Å². The van der Waals surface area contributed by atoms with Crippen molar-refractivity contribution in [3.63, 3.8) is 0 Å². The van der Waals surface area contributed by atoms with Crippen LogP contribution < -0.4 is 5.32 Å². The number of pyridine rings is 1. The Kier molecular flexibility index (Phi) is 7.20. The molecule has 0 saturated heterocycles. The summed E-state index contributed by atoms with van der Waals surface area (Å²) in [6.45, 7) is 4.24. The van der Waals surface area contributed by atoms with Gasteiger partial charge in [0, 0.05) is 41.8 Å². The molecule has 0 radical (unpaired) electrons. The van der Waals surface area contributed by atoms with Crippen molar-refractivity contribution >= 4 is 11.6 Å². The minimum Gasteiger partial charge on any atom is -0.322 e. The van der Waals surface area contributed by atoms with Crippen molar-refractivity contribution in [1.82, 2.24) is 15.0 Å². The van der Waals surface area contributed by atoms with E-state index in [1.807, 2.05) is 60.7 Å². The summed E-state index contributed by atoms with van der Waals surface area (Å²) in [7, 11) is 0. The molecule has 1 amide bonds. The van der Waals surface area contributed by atoms with Gasteiger partial charge < -0.3 is 5.32 Å². The van der Waals surface area contributed by atoms with Gasteiger partial charge in [0.2, 0.25) is 0 Å². The molecule has 4 aromatic rings. The Morgan fingerprint density at radius 1 is 1.00 bits per heavy atom. The predicted molar refractivity (Wildman–Crippen MR) is 132 cm³/mol.